The number of hydrogen-bond donors (Lipinski definition) is 2. The van der Waals surface area contributed by atoms with Gasteiger partial charge in [0, 0.05) is 6.54 Å². The number of carbonyl (C=O) groups is 1. The Balaban J connectivity index is 3.50. The minimum Gasteiger partial charge on any atom is -0.481 e. The summed E-state index contributed by atoms with van der Waals surface area (Å²) in [5, 5.41) is 8.51. The van der Waals surface area contributed by atoms with Crippen molar-refractivity contribution in [2.24, 2.45) is 11.7 Å². The normalized spacial score (nSPS) is 13.0. The molecule has 0 rings (SSSR count). The van der Waals surface area contributed by atoms with Crippen molar-refractivity contribution >= 4 is 17.7 Å². The highest BCUT2D eigenvalue weighted by Crippen LogP contribution is 2.05. The first-order chi connectivity index (χ1) is 4.72. The second-order valence-electron chi connectivity index (χ2n) is 2.05. The van der Waals surface area contributed by atoms with Gasteiger partial charge in [0.15, 0.2) is 0 Å². The largest absolute Gasteiger partial charge is 0.481 e. The molecule has 0 aromatic rings. The van der Waals surface area contributed by atoms with Gasteiger partial charge >= 0.3 is 5.97 Å². The van der Waals surface area contributed by atoms with E-state index in [1.54, 1.807) is 11.8 Å². The van der Waals surface area contributed by atoms with Crippen LogP contribution >= 0.6 is 11.8 Å². The smallest absolute Gasteiger partial charge is 0.307 e. The first-order valence-electron chi connectivity index (χ1n) is 3.14. The van der Waals surface area contributed by atoms with E-state index in [0.29, 0.717) is 6.42 Å². The molecule has 0 aliphatic carbocycles. The molecule has 0 amide bonds. The van der Waals surface area contributed by atoms with E-state index in [2.05, 4.69) is 0 Å². The van der Waals surface area contributed by atoms with Crippen LogP contribution in [0, 0.1) is 5.92 Å². The molecule has 60 valence electrons. The van der Waals surface area contributed by atoms with Crippen molar-refractivity contribution in [1.82, 2.24) is 0 Å². The first kappa shape index (κ1) is 9.78. The van der Waals surface area contributed by atoms with Crippen LogP contribution in [0.1, 0.15) is 6.42 Å². The summed E-state index contributed by atoms with van der Waals surface area (Å²) in [4.78, 5) is 10.3. The third-order valence-electron chi connectivity index (χ3n) is 1.30. The minimum absolute atomic E-state index is 0.246. The summed E-state index contributed by atoms with van der Waals surface area (Å²) in [6, 6.07) is 0. The van der Waals surface area contributed by atoms with E-state index in [9.17, 15) is 4.79 Å². The summed E-state index contributed by atoms with van der Waals surface area (Å²) in [6.07, 6.45) is 2.63. The molecule has 0 aromatic carbocycles. The summed E-state index contributed by atoms with van der Waals surface area (Å²) < 4.78 is 0. The van der Waals surface area contributed by atoms with E-state index in [0.717, 1.165) is 5.75 Å². The van der Waals surface area contributed by atoms with Gasteiger partial charge in [0.1, 0.15) is 0 Å². The molecular formula is C6H13NO2S. The van der Waals surface area contributed by atoms with Crippen molar-refractivity contribution in [2.75, 3.05) is 18.6 Å². The van der Waals surface area contributed by atoms with Gasteiger partial charge in [-0.1, -0.05) is 0 Å². The van der Waals surface area contributed by atoms with Gasteiger partial charge in [-0.3, -0.25) is 4.79 Å². The lowest BCUT2D eigenvalue weighted by Gasteiger charge is -2.06. The maximum Gasteiger partial charge on any atom is 0.307 e. The summed E-state index contributed by atoms with van der Waals surface area (Å²) in [7, 11) is 0. The third-order valence-corrected chi connectivity index (χ3v) is 1.95. The predicted molar refractivity (Wildman–Crippen MR) is 43.2 cm³/mol. The molecule has 0 spiro atoms. The average molecular weight is 163 g/mol. The third kappa shape index (κ3) is 3.74. The number of rotatable bonds is 5. The van der Waals surface area contributed by atoms with Crippen LogP contribution in [0.25, 0.3) is 0 Å². The molecule has 0 fully saturated rings. The molecule has 0 aromatic heterocycles. The van der Waals surface area contributed by atoms with Gasteiger partial charge in [-0.2, -0.15) is 11.8 Å². The molecule has 0 saturated heterocycles. The molecule has 0 saturated carbocycles. The number of aliphatic carboxylic acids is 1. The number of nitrogens with two attached hydrogens (primary N) is 1. The Morgan fingerprint density at radius 1 is 1.80 bits per heavy atom. The van der Waals surface area contributed by atoms with Crippen LogP contribution in [0.2, 0.25) is 0 Å². The summed E-state index contributed by atoms with van der Waals surface area (Å²) >= 11 is 1.64. The molecular weight excluding hydrogens is 150 g/mol. The lowest BCUT2D eigenvalue weighted by atomic mass is 10.1. The summed E-state index contributed by atoms with van der Waals surface area (Å²) in [6.45, 7) is 0.246. The standard InChI is InChI=1S/C6H13NO2S/c1-10-3-2-5(4-7)6(8)9/h5H,2-4,7H2,1H3,(H,8,9). The molecule has 3 nitrogen and oxygen atoms in total. The highest BCUT2D eigenvalue weighted by atomic mass is 32.2. The SMILES string of the molecule is CSCCC(CN)C(=O)O. The lowest BCUT2D eigenvalue weighted by Crippen LogP contribution is -2.23. The van der Waals surface area contributed by atoms with Crippen LogP contribution in [0.3, 0.4) is 0 Å². The Bertz CT molecular complexity index is 108. The van der Waals surface area contributed by atoms with E-state index in [1.165, 1.54) is 0 Å². The number of carboxylic acids is 1. The Morgan fingerprint density at radius 3 is 2.70 bits per heavy atom. The zero-order valence-corrected chi connectivity index (χ0v) is 6.86. The van der Waals surface area contributed by atoms with Crippen molar-refractivity contribution in [3.63, 3.8) is 0 Å². The molecule has 1 atom stereocenters. The maximum absolute atomic E-state index is 10.3. The fourth-order valence-electron chi connectivity index (χ4n) is 0.602. The van der Waals surface area contributed by atoms with Crippen LogP contribution in [0.5, 0.6) is 0 Å². The minimum atomic E-state index is -0.781. The van der Waals surface area contributed by atoms with Crippen molar-refractivity contribution < 1.29 is 9.90 Å². The van der Waals surface area contributed by atoms with Crippen LogP contribution in [0.15, 0.2) is 0 Å². The molecule has 0 aliphatic rings. The lowest BCUT2D eigenvalue weighted by molar-refractivity contribution is -0.141. The Hall–Kier alpha value is -0.220. The van der Waals surface area contributed by atoms with Gasteiger partial charge in [-0.25, -0.2) is 0 Å². The molecule has 1 unspecified atom stereocenters. The van der Waals surface area contributed by atoms with Crippen LogP contribution in [-0.2, 0) is 4.79 Å². The first-order valence-corrected chi connectivity index (χ1v) is 4.53. The van der Waals surface area contributed by atoms with Crippen LogP contribution in [0.4, 0.5) is 0 Å². The van der Waals surface area contributed by atoms with Gasteiger partial charge in [0.05, 0.1) is 5.92 Å². The van der Waals surface area contributed by atoms with E-state index in [1.807, 2.05) is 6.26 Å². The molecule has 0 bridgehead atoms. The van der Waals surface area contributed by atoms with E-state index < -0.39 is 5.97 Å². The quantitative estimate of drug-likeness (QED) is 0.615. The van der Waals surface area contributed by atoms with E-state index in [-0.39, 0.29) is 12.5 Å². The van der Waals surface area contributed by atoms with Crippen molar-refractivity contribution in [3.8, 4) is 0 Å². The molecule has 0 heterocycles. The Kier molecular flexibility index (Phi) is 5.43. The van der Waals surface area contributed by atoms with Gasteiger partial charge in [-0.05, 0) is 18.4 Å². The van der Waals surface area contributed by atoms with E-state index >= 15 is 0 Å². The Labute approximate surface area is 65.0 Å². The molecule has 3 N–H and O–H groups in total. The maximum atomic E-state index is 10.3. The van der Waals surface area contributed by atoms with E-state index in [4.69, 9.17) is 10.8 Å². The zero-order valence-electron chi connectivity index (χ0n) is 6.04. The van der Waals surface area contributed by atoms with Gasteiger partial charge < -0.3 is 10.8 Å². The molecule has 0 radical (unpaired) electrons. The summed E-state index contributed by atoms with van der Waals surface area (Å²) in [5.74, 6) is -0.266. The molecule has 4 heteroatoms. The summed E-state index contributed by atoms with van der Waals surface area (Å²) in [5.41, 5.74) is 5.22. The number of carboxylic acid groups (broad SMARTS) is 1. The van der Waals surface area contributed by atoms with Gasteiger partial charge in [0.2, 0.25) is 0 Å². The average Bonchev–Trinajstić information content (AvgIpc) is 1.89. The van der Waals surface area contributed by atoms with Crippen molar-refractivity contribution in [1.29, 1.82) is 0 Å². The zero-order chi connectivity index (χ0) is 7.98. The molecule has 0 aliphatic heterocycles. The Morgan fingerprint density at radius 2 is 2.40 bits per heavy atom. The topological polar surface area (TPSA) is 63.3 Å². The number of hydrogen-bond acceptors (Lipinski definition) is 3. The predicted octanol–water partition coefficient (Wildman–Crippen LogP) is 0.399. The second-order valence-corrected chi connectivity index (χ2v) is 3.04. The van der Waals surface area contributed by atoms with Crippen molar-refractivity contribution in [3.05, 3.63) is 0 Å². The van der Waals surface area contributed by atoms with Crippen LogP contribution in [-0.4, -0.2) is 29.6 Å². The van der Waals surface area contributed by atoms with Crippen LogP contribution < -0.4 is 5.73 Å². The van der Waals surface area contributed by atoms with Gasteiger partial charge in [-0.15, -0.1) is 0 Å². The second kappa shape index (κ2) is 5.56. The highest BCUT2D eigenvalue weighted by molar-refractivity contribution is 7.98. The van der Waals surface area contributed by atoms with Gasteiger partial charge in [0.25, 0.3) is 0 Å². The molecule has 10 heavy (non-hydrogen) atoms. The fraction of sp³-hybridized carbons (Fsp3) is 0.833. The number of thioether (sulfide) groups is 1. The fourth-order valence-corrected chi connectivity index (χ4v) is 1.12. The van der Waals surface area contributed by atoms with Crippen molar-refractivity contribution in [2.45, 2.75) is 6.42 Å². The monoisotopic (exact) mass is 163 g/mol. The highest BCUT2D eigenvalue weighted by Gasteiger charge is 2.13.